The molecular weight excluding hydrogens is 276 g/mol. The van der Waals surface area contributed by atoms with Crippen molar-refractivity contribution in [3.8, 4) is 0 Å². The van der Waals surface area contributed by atoms with Crippen molar-refractivity contribution in [3.05, 3.63) is 65.2 Å². The zero-order valence-corrected chi connectivity index (χ0v) is 11.7. The van der Waals surface area contributed by atoms with Crippen LogP contribution in [-0.2, 0) is 9.53 Å². The molecule has 0 spiro atoms. The first-order valence-corrected chi connectivity index (χ1v) is 6.36. The van der Waals surface area contributed by atoms with Crippen LogP contribution in [0.3, 0.4) is 0 Å². The lowest BCUT2D eigenvalue weighted by Gasteiger charge is -2.18. The monoisotopic (exact) mass is 291 g/mol. The van der Waals surface area contributed by atoms with E-state index in [0.717, 1.165) is 23.8 Å². The van der Waals surface area contributed by atoms with Gasteiger partial charge in [-0.05, 0) is 36.8 Å². The summed E-state index contributed by atoms with van der Waals surface area (Å²) in [6, 6.07) is 9.26. The summed E-state index contributed by atoms with van der Waals surface area (Å²) in [5.74, 6) is -2.12. The van der Waals surface area contributed by atoms with E-state index in [9.17, 15) is 13.6 Å². The Morgan fingerprint density at radius 3 is 2.19 bits per heavy atom. The minimum absolute atomic E-state index is 0.167. The molecule has 5 heteroatoms. The molecule has 0 aromatic heterocycles. The van der Waals surface area contributed by atoms with Gasteiger partial charge in [-0.3, -0.25) is 0 Å². The number of rotatable bonds is 4. The first-order chi connectivity index (χ1) is 9.99. The van der Waals surface area contributed by atoms with E-state index in [0.29, 0.717) is 5.69 Å². The van der Waals surface area contributed by atoms with Crippen LogP contribution in [-0.4, -0.2) is 13.1 Å². The van der Waals surface area contributed by atoms with Crippen LogP contribution in [0.2, 0.25) is 0 Å². The molecule has 0 heterocycles. The van der Waals surface area contributed by atoms with Gasteiger partial charge in [0, 0.05) is 11.8 Å². The summed E-state index contributed by atoms with van der Waals surface area (Å²) in [6.45, 7) is 1.93. The predicted octanol–water partition coefficient (Wildman–Crippen LogP) is 3.60. The summed E-state index contributed by atoms with van der Waals surface area (Å²) < 4.78 is 31.4. The molecule has 0 bridgehead atoms. The van der Waals surface area contributed by atoms with Gasteiger partial charge in [-0.25, -0.2) is 13.6 Å². The Morgan fingerprint density at radius 1 is 1.10 bits per heavy atom. The highest BCUT2D eigenvalue weighted by Gasteiger charge is 2.22. The molecule has 1 N–H and O–H groups in total. The Kier molecular flexibility index (Phi) is 4.52. The highest BCUT2D eigenvalue weighted by Crippen LogP contribution is 2.23. The first-order valence-electron chi connectivity index (χ1n) is 6.36. The van der Waals surface area contributed by atoms with Crippen molar-refractivity contribution >= 4 is 11.7 Å². The van der Waals surface area contributed by atoms with E-state index in [1.54, 1.807) is 12.1 Å². The van der Waals surface area contributed by atoms with Crippen molar-refractivity contribution in [1.29, 1.82) is 0 Å². The van der Waals surface area contributed by atoms with Gasteiger partial charge in [-0.2, -0.15) is 0 Å². The maximum Gasteiger partial charge on any atom is 0.332 e. The van der Waals surface area contributed by atoms with Gasteiger partial charge in [-0.1, -0.05) is 17.7 Å². The largest absolute Gasteiger partial charge is 0.467 e. The second-order valence-electron chi connectivity index (χ2n) is 4.67. The number of anilines is 1. The van der Waals surface area contributed by atoms with Crippen molar-refractivity contribution in [2.24, 2.45) is 0 Å². The molecule has 0 fully saturated rings. The summed E-state index contributed by atoms with van der Waals surface area (Å²) in [7, 11) is 1.22. The number of hydrogen-bond acceptors (Lipinski definition) is 3. The van der Waals surface area contributed by atoms with E-state index in [-0.39, 0.29) is 5.56 Å². The third kappa shape index (κ3) is 3.78. The van der Waals surface area contributed by atoms with E-state index in [1.165, 1.54) is 7.11 Å². The van der Waals surface area contributed by atoms with Gasteiger partial charge >= 0.3 is 5.97 Å². The van der Waals surface area contributed by atoms with Gasteiger partial charge < -0.3 is 10.1 Å². The molecule has 2 aromatic rings. The van der Waals surface area contributed by atoms with Crippen molar-refractivity contribution in [3.63, 3.8) is 0 Å². The fraction of sp³-hybridized carbons (Fsp3) is 0.188. The van der Waals surface area contributed by atoms with Crippen LogP contribution in [0.4, 0.5) is 14.5 Å². The van der Waals surface area contributed by atoms with Crippen molar-refractivity contribution in [1.82, 2.24) is 0 Å². The van der Waals surface area contributed by atoms with Crippen molar-refractivity contribution in [2.45, 2.75) is 13.0 Å². The van der Waals surface area contributed by atoms with Crippen LogP contribution in [0.5, 0.6) is 0 Å². The third-order valence-electron chi connectivity index (χ3n) is 3.02. The van der Waals surface area contributed by atoms with E-state index in [1.807, 2.05) is 19.1 Å². The zero-order chi connectivity index (χ0) is 15.4. The molecule has 2 rings (SSSR count). The molecule has 0 saturated heterocycles. The highest BCUT2D eigenvalue weighted by molar-refractivity contribution is 5.81. The number of ether oxygens (including phenoxy) is 1. The number of carbonyl (C=O) groups excluding carboxylic acids is 1. The molecule has 0 aliphatic heterocycles. The fourth-order valence-electron chi connectivity index (χ4n) is 1.95. The SMILES string of the molecule is COC(=O)C(Nc1ccc(C)cc1)c1cc(F)cc(F)c1. The van der Waals surface area contributed by atoms with Gasteiger partial charge in [0.25, 0.3) is 0 Å². The third-order valence-corrected chi connectivity index (χ3v) is 3.02. The maximum atomic E-state index is 13.3. The van der Waals surface area contributed by atoms with Crippen LogP contribution in [0, 0.1) is 18.6 Å². The Labute approximate surface area is 121 Å². The van der Waals surface area contributed by atoms with Crippen LogP contribution in [0.1, 0.15) is 17.2 Å². The summed E-state index contributed by atoms with van der Waals surface area (Å²) in [6.07, 6.45) is 0. The van der Waals surface area contributed by atoms with Gasteiger partial charge in [0.05, 0.1) is 7.11 Å². The standard InChI is InChI=1S/C16H15F2NO2/c1-10-3-5-14(6-4-10)19-15(16(20)21-2)11-7-12(17)9-13(18)8-11/h3-9,15,19H,1-2H3. The number of nitrogens with one attached hydrogen (secondary N) is 1. The average molecular weight is 291 g/mol. The molecule has 2 aromatic carbocycles. The molecule has 0 saturated carbocycles. The topological polar surface area (TPSA) is 38.3 Å². The lowest BCUT2D eigenvalue weighted by Crippen LogP contribution is -2.22. The Morgan fingerprint density at radius 2 is 1.67 bits per heavy atom. The van der Waals surface area contributed by atoms with E-state index in [4.69, 9.17) is 4.74 Å². The summed E-state index contributed by atoms with van der Waals surface area (Å²) >= 11 is 0. The molecule has 0 radical (unpaired) electrons. The first kappa shape index (κ1) is 15.0. The lowest BCUT2D eigenvalue weighted by molar-refractivity contribution is -0.141. The van der Waals surface area contributed by atoms with Crippen LogP contribution in [0.25, 0.3) is 0 Å². The number of aryl methyl sites for hydroxylation is 1. The molecule has 1 unspecified atom stereocenters. The number of esters is 1. The van der Waals surface area contributed by atoms with Gasteiger partial charge in [0.1, 0.15) is 11.6 Å². The number of hydrogen-bond donors (Lipinski definition) is 1. The van der Waals surface area contributed by atoms with Gasteiger partial charge in [-0.15, -0.1) is 0 Å². The zero-order valence-electron chi connectivity index (χ0n) is 11.7. The Bertz CT molecular complexity index is 621. The average Bonchev–Trinajstić information content (AvgIpc) is 2.44. The summed E-state index contributed by atoms with van der Waals surface area (Å²) in [4.78, 5) is 11.9. The van der Waals surface area contributed by atoms with Gasteiger partial charge in [0.2, 0.25) is 0 Å². The van der Waals surface area contributed by atoms with E-state index < -0.39 is 23.6 Å². The van der Waals surface area contributed by atoms with Crippen LogP contribution in [0.15, 0.2) is 42.5 Å². The van der Waals surface area contributed by atoms with Crippen LogP contribution >= 0.6 is 0 Å². The van der Waals surface area contributed by atoms with E-state index in [2.05, 4.69) is 5.32 Å². The van der Waals surface area contributed by atoms with E-state index >= 15 is 0 Å². The molecule has 21 heavy (non-hydrogen) atoms. The lowest BCUT2D eigenvalue weighted by atomic mass is 10.1. The molecule has 110 valence electrons. The summed E-state index contributed by atoms with van der Waals surface area (Å²) in [5, 5.41) is 2.92. The Hall–Kier alpha value is -2.43. The fourth-order valence-corrected chi connectivity index (χ4v) is 1.95. The Balaban J connectivity index is 2.34. The van der Waals surface area contributed by atoms with Crippen molar-refractivity contribution in [2.75, 3.05) is 12.4 Å². The molecule has 0 aliphatic rings. The minimum atomic E-state index is -0.983. The number of carbonyl (C=O) groups is 1. The molecule has 3 nitrogen and oxygen atoms in total. The predicted molar refractivity (Wildman–Crippen MR) is 75.9 cm³/mol. The van der Waals surface area contributed by atoms with Crippen molar-refractivity contribution < 1.29 is 18.3 Å². The quantitative estimate of drug-likeness (QED) is 0.875. The number of benzene rings is 2. The maximum absolute atomic E-state index is 13.3. The second kappa shape index (κ2) is 6.35. The number of methoxy groups -OCH3 is 1. The molecule has 1 atom stereocenters. The smallest absolute Gasteiger partial charge is 0.332 e. The van der Waals surface area contributed by atoms with Gasteiger partial charge in [0.15, 0.2) is 6.04 Å². The minimum Gasteiger partial charge on any atom is -0.467 e. The molecular formula is C16H15F2NO2. The highest BCUT2D eigenvalue weighted by atomic mass is 19.1. The normalized spacial score (nSPS) is 11.8. The molecule has 0 amide bonds. The molecule has 0 aliphatic carbocycles. The van der Waals surface area contributed by atoms with Crippen LogP contribution < -0.4 is 5.32 Å². The number of halogens is 2. The summed E-state index contributed by atoms with van der Waals surface area (Å²) in [5.41, 5.74) is 1.88. The second-order valence-corrected chi connectivity index (χ2v) is 4.67.